The Morgan fingerprint density at radius 2 is 1.75 bits per heavy atom. The van der Waals surface area contributed by atoms with Crippen LogP contribution in [0.15, 0.2) is 54.6 Å². The molecule has 2 aromatic carbocycles. The van der Waals surface area contributed by atoms with Gasteiger partial charge in [-0.1, -0.05) is 54.6 Å². The fraction of sp³-hybridized carbons (Fsp3) is 0.409. The number of methoxy groups -OCH3 is 1. The number of hydrogen-bond donors (Lipinski definition) is 0. The molecule has 5 nitrogen and oxygen atoms in total. The lowest BCUT2D eigenvalue weighted by atomic mass is 10.0. The van der Waals surface area contributed by atoms with E-state index in [1.807, 2.05) is 42.5 Å². The molecule has 150 valence electrons. The van der Waals surface area contributed by atoms with Gasteiger partial charge >= 0.3 is 0 Å². The lowest BCUT2D eigenvalue weighted by molar-refractivity contribution is -0.132. The van der Waals surface area contributed by atoms with E-state index in [4.69, 9.17) is 4.74 Å². The fourth-order valence-corrected chi connectivity index (χ4v) is 5.36. The molecule has 1 unspecified atom stereocenters. The summed E-state index contributed by atoms with van der Waals surface area (Å²) in [6.07, 6.45) is 1.50. The molecule has 1 aliphatic heterocycles. The van der Waals surface area contributed by atoms with Crippen LogP contribution in [-0.4, -0.2) is 57.0 Å². The monoisotopic (exact) mass is 401 g/mol. The van der Waals surface area contributed by atoms with Gasteiger partial charge in [0.25, 0.3) is 0 Å². The van der Waals surface area contributed by atoms with E-state index in [1.165, 1.54) is 0 Å². The Morgan fingerprint density at radius 1 is 1.07 bits per heavy atom. The van der Waals surface area contributed by atoms with Crippen molar-refractivity contribution in [3.63, 3.8) is 0 Å². The second-order valence-corrected chi connectivity index (χ2v) is 9.46. The molecule has 1 heterocycles. The molecule has 1 saturated heterocycles. The summed E-state index contributed by atoms with van der Waals surface area (Å²) in [4.78, 5) is 14.7. The highest BCUT2D eigenvalue weighted by molar-refractivity contribution is 7.91. The van der Waals surface area contributed by atoms with Gasteiger partial charge in [-0.15, -0.1) is 0 Å². The van der Waals surface area contributed by atoms with E-state index < -0.39 is 9.84 Å². The molecule has 0 spiro atoms. The predicted octanol–water partition coefficient (Wildman–Crippen LogP) is 2.95. The number of benzene rings is 2. The zero-order valence-electron chi connectivity index (χ0n) is 16.2. The molecular weight excluding hydrogens is 374 g/mol. The van der Waals surface area contributed by atoms with Gasteiger partial charge < -0.3 is 9.64 Å². The Labute approximate surface area is 167 Å². The van der Waals surface area contributed by atoms with E-state index in [9.17, 15) is 13.2 Å². The summed E-state index contributed by atoms with van der Waals surface area (Å²) in [6, 6.07) is 17.9. The summed E-state index contributed by atoms with van der Waals surface area (Å²) in [7, 11) is -1.41. The Morgan fingerprint density at radius 3 is 2.36 bits per heavy atom. The van der Waals surface area contributed by atoms with Gasteiger partial charge in [-0.05, 0) is 29.5 Å². The first-order chi connectivity index (χ1) is 13.5. The lowest BCUT2D eigenvalue weighted by Crippen LogP contribution is -2.42. The second-order valence-electron chi connectivity index (χ2n) is 7.23. The van der Waals surface area contributed by atoms with Crippen molar-refractivity contribution in [3.8, 4) is 11.1 Å². The molecule has 0 bridgehead atoms. The van der Waals surface area contributed by atoms with Crippen LogP contribution in [0.25, 0.3) is 11.1 Å². The van der Waals surface area contributed by atoms with Crippen molar-refractivity contribution < 1.29 is 17.9 Å². The minimum atomic E-state index is -3.04. The highest BCUT2D eigenvalue weighted by atomic mass is 32.2. The quantitative estimate of drug-likeness (QED) is 0.638. The van der Waals surface area contributed by atoms with Crippen molar-refractivity contribution in [2.24, 2.45) is 0 Å². The number of sulfone groups is 1. The summed E-state index contributed by atoms with van der Waals surface area (Å²) in [6.45, 7) is 1.07. The highest BCUT2D eigenvalue weighted by Gasteiger charge is 2.34. The van der Waals surface area contributed by atoms with Crippen molar-refractivity contribution in [2.45, 2.75) is 25.3 Å². The summed E-state index contributed by atoms with van der Waals surface area (Å²) in [5.41, 5.74) is 3.18. The van der Waals surface area contributed by atoms with E-state index in [-0.39, 0.29) is 29.9 Å². The molecule has 1 amide bonds. The third kappa shape index (κ3) is 5.42. The van der Waals surface area contributed by atoms with E-state index in [2.05, 4.69) is 12.1 Å². The predicted molar refractivity (Wildman–Crippen MR) is 111 cm³/mol. The molecule has 0 aromatic heterocycles. The van der Waals surface area contributed by atoms with Crippen molar-refractivity contribution in [1.82, 2.24) is 4.90 Å². The molecule has 0 N–H and O–H groups in total. The first kappa shape index (κ1) is 20.6. The van der Waals surface area contributed by atoms with Crippen LogP contribution in [0.3, 0.4) is 0 Å². The van der Waals surface area contributed by atoms with Gasteiger partial charge in [0.05, 0.1) is 17.9 Å². The molecule has 1 fully saturated rings. The minimum Gasteiger partial charge on any atom is -0.385 e. The van der Waals surface area contributed by atoms with Crippen molar-refractivity contribution in [1.29, 1.82) is 0 Å². The normalized spacial score (nSPS) is 18.1. The molecule has 0 saturated carbocycles. The standard InChI is InChI=1S/C22H27NO4S/c1-27-14-5-13-23(21-12-15-28(25,26)17-21)22(24)16-18-8-10-20(11-9-18)19-6-3-2-4-7-19/h2-4,6-11,21H,5,12-17H2,1H3. The second kappa shape index (κ2) is 9.34. The average molecular weight is 402 g/mol. The molecule has 0 aliphatic carbocycles. The van der Waals surface area contributed by atoms with Gasteiger partial charge in [-0.3, -0.25) is 4.79 Å². The highest BCUT2D eigenvalue weighted by Crippen LogP contribution is 2.22. The first-order valence-corrected chi connectivity index (χ1v) is 11.4. The van der Waals surface area contributed by atoms with Crippen molar-refractivity contribution in [3.05, 3.63) is 60.2 Å². The Hall–Kier alpha value is -2.18. The van der Waals surface area contributed by atoms with E-state index in [1.54, 1.807) is 12.0 Å². The zero-order valence-corrected chi connectivity index (χ0v) is 17.0. The maximum atomic E-state index is 13.0. The van der Waals surface area contributed by atoms with Crippen LogP contribution in [0.4, 0.5) is 0 Å². The van der Waals surface area contributed by atoms with Crippen LogP contribution in [0.1, 0.15) is 18.4 Å². The van der Waals surface area contributed by atoms with Gasteiger partial charge in [-0.2, -0.15) is 0 Å². The fourth-order valence-electron chi connectivity index (χ4n) is 3.63. The number of amides is 1. The SMILES string of the molecule is COCCCN(C(=O)Cc1ccc(-c2ccccc2)cc1)C1CCS(=O)(=O)C1. The average Bonchev–Trinajstić information content (AvgIpc) is 3.06. The third-order valence-corrected chi connectivity index (χ3v) is 6.88. The van der Waals surface area contributed by atoms with Gasteiger partial charge in [0.15, 0.2) is 9.84 Å². The molecule has 2 aromatic rings. The molecular formula is C22H27NO4S. The lowest BCUT2D eigenvalue weighted by Gasteiger charge is -2.28. The van der Waals surface area contributed by atoms with Crippen LogP contribution in [0, 0.1) is 0 Å². The summed E-state index contributed by atoms with van der Waals surface area (Å²) >= 11 is 0. The molecule has 1 aliphatic rings. The molecule has 28 heavy (non-hydrogen) atoms. The van der Waals surface area contributed by atoms with Crippen LogP contribution in [0.2, 0.25) is 0 Å². The smallest absolute Gasteiger partial charge is 0.227 e. The molecule has 0 radical (unpaired) electrons. The van der Waals surface area contributed by atoms with Crippen LogP contribution in [0.5, 0.6) is 0 Å². The van der Waals surface area contributed by atoms with E-state index >= 15 is 0 Å². The minimum absolute atomic E-state index is 0.0225. The van der Waals surface area contributed by atoms with Gasteiger partial charge in [-0.25, -0.2) is 8.42 Å². The Bertz CT molecular complexity index is 879. The zero-order chi connectivity index (χ0) is 20.0. The first-order valence-electron chi connectivity index (χ1n) is 9.62. The number of nitrogens with zero attached hydrogens (tertiary/aromatic N) is 1. The summed E-state index contributed by atoms with van der Waals surface area (Å²) < 4.78 is 28.8. The van der Waals surface area contributed by atoms with E-state index in [0.717, 1.165) is 16.7 Å². The third-order valence-electron chi connectivity index (χ3n) is 5.13. The van der Waals surface area contributed by atoms with Crippen LogP contribution >= 0.6 is 0 Å². The Kier molecular flexibility index (Phi) is 6.86. The topological polar surface area (TPSA) is 63.7 Å². The molecule has 6 heteroatoms. The molecule has 1 atom stereocenters. The number of ether oxygens (including phenoxy) is 1. The number of carbonyl (C=O) groups is 1. The maximum Gasteiger partial charge on any atom is 0.227 e. The largest absolute Gasteiger partial charge is 0.385 e. The Balaban J connectivity index is 1.68. The number of hydrogen-bond acceptors (Lipinski definition) is 4. The van der Waals surface area contributed by atoms with Gasteiger partial charge in [0.1, 0.15) is 0 Å². The van der Waals surface area contributed by atoms with Crippen molar-refractivity contribution in [2.75, 3.05) is 31.8 Å². The van der Waals surface area contributed by atoms with Gasteiger partial charge in [0.2, 0.25) is 5.91 Å². The number of rotatable bonds is 8. The van der Waals surface area contributed by atoms with Crippen LogP contribution in [-0.2, 0) is 25.8 Å². The van der Waals surface area contributed by atoms with Gasteiger partial charge in [0, 0.05) is 26.3 Å². The van der Waals surface area contributed by atoms with Crippen LogP contribution < -0.4 is 0 Å². The molecule has 3 rings (SSSR count). The maximum absolute atomic E-state index is 13.0. The van der Waals surface area contributed by atoms with Crippen molar-refractivity contribution >= 4 is 15.7 Å². The van der Waals surface area contributed by atoms with E-state index in [0.29, 0.717) is 26.0 Å². The summed E-state index contributed by atoms with van der Waals surface area (Å²) in [5.74, 6) is 0.210. The number of carbonyl (C=O) groups excluding carboxylic acids is 1. The summed E-state index contributed by atoms with van der Waals surface area (Å²) in [5, 5.41) is 0.